The van der Waals surface area contributed by atoms with Gasteiger partial charge < -0.3 is 5.32 Å². The van der Waals surface area contributed by atoms with Gasteiger partial charge in [-0.25, -0.2) is 13.6 Å². The van der Waals surface area contributed by atoms with Crippen molar-refractivity contribution in [3.05, 3.63) is 29.8 Å². The average molecular weight is 242 g/mol. The number of nitrogens with two attached hydrogens (primary N) is 1. The summed E-state index contributed by atoms with van der Waals surface area (Å²) in [4.78, 5) is 0.187. The van der Waals surface area contributed by atoms with Gasteiger partial charge in [-0.05, 0) is 32.4 Å². The van der Waals surface area contributed by atoms with Crippen LogP contribution >= 0.6 is 0 Å². The lowest BCUT2D eigenvalue weighted by Crippen LogP contribution is -2.35. The maximum Gasteiger partial charge on any atom is 0.238 e. The molecule has 0 bridgehead atoms. The van der Waals surface area contributed by atoms with Gasteiger partial charge in [0.2, 0.25) is 10.0 Å². The molecule has 16 heavy (non-hydrogen) atoms. The van der Waals surface area contributed by atoms with Crippen molar-refractivity contribution >= 4 is 10.0 Å². The Kier molecular flexibility index (Phi) is 3.72. The Labute approximate surface area is 96.9 Å². The molecule has 0 unspecified atom stereocenters. The normalized spacial score (nSPS) is 12.8. The van der Waals surface area contributed by atoms with Gasteiger partial charge in [-0.15, -0.1) is 0 Å². The summed E-state index contributed by atoms with van der Waals surface area (Å²) in [5, 5.41) is 8.37. The van der Waals surface area contributed by atoms with Gasteiger partial charge >= 0.3 is 0 Å². The van der Waals surface area contributed by atoms with Crippen molar-refractivity contribution in [2.24, 2.45) is 5.14 Å². The highest BCUT2D eigenvalue weighted by atomic mass is 32.2. The van der Waals surface area contributed by atoms with Crippen molar-refractivity contribution in [1.29, 1.82) is 0 Å². The summed E-state index contributed by atoms with van der Waals surface area (Å²) in [7, 11) is -3.64. The largest absolute Gasteiger partial charge is 0.308 e. The maximum absolute atomic E-state index is 11.3. The van der Waals surface area contributed by atoms with Gasteiger partial charge in [0, 0.05) is 12.1 Å². The quantitative estimate of drug-likeness (QED) is 0.837. The Balaban J connectivity index is 2.97. The maximum atomic E-state index is 11.3. The van der Waals surface area contributed by atoms with Crippen LogP contribution in [0.1, 0.15) is 26.3 Å². The molecule has 1 aromatic carbocycles. The van der Waals surface area contributed by atoms with Crippen LogP contribution in [0.25, 0.3) is 0 Å². The van der Waals surface area contributed by atoms with E-state index in [0.29, 0.717) is 12.1 Å². The number of rotatable bonds is 3. The zero-order chi connectivity index (χ0) is 12.4. The van der Waals surface area contributed by atoms with Crippen molar-refractivity contribution < 1.29 is 8.42 Å². The Bertz CT molecular complexity index is 461. The Morgan fingerprint density at radius 2 is 1.81 bits per heavy atom. The molecule has 0 amide bonds. The summed E-state index contributed by atoms with van der Waals surface area (Å²) in [6, 6.07) is 6.75. The second-order valence-corrected chi connectivity index (χ2v) is 6.29. The molecule has 0 radical (unpaired) electrons. The van der Waals surface area contributed by atoms with E-state index in [9.17, 15) is 8.42 Å². The molecule has 0 spiro atoms. The molecule has 0 aliphatic heterocycles. The van der Waals surface area contributed by atoms with E-state index in [1.54, 1.807) is 18.2 Å². The Hall–Kier alpha value is -0.910. The fraction of sp³-hybridized carbons (Fsp3) is 0.455. The van der Waals surface area contributed by atoms with Crippen molar-refractivity contribution in [3.8, 4) is 0 Å². The summed E-state index contributed by atoms with van der Waals surface area (Å²) >= 11 is 0. The van der Waals surface area contributed by atoms with E-state index in [4.69, 9.17) is 5.14 Å². The summed E-state index contributed by atoms with van der Waals surface area (Å²) in [5.41, 5.74) is 0.630. The lowest BCUT2D eigenvalue weighted by atomic mass is 10.1. The lowest BCUT2D eigenvalue weighted by molar-refractivity contribution is 0.422. The van der Waals surface area contributed by atoms with E-state index in [1.807, 2.05) is 20.8 Å². The van der Waals surface area contributed by atoms with Crippen molar-refractivity contribution in [2.45, 2.75) is 37.8 Å². The second-order valence-electron chi connectivity index (χ2n) is 4.76. The molecule has 4 nitrogen and oxygen atoms in total. The molecule has 1 aromatic rings. The summed E-state index contributed by atoms with van der Waals surface area (Å²) in [6.07, 6.45) is 0. The highest BCUT2D eigenvalue weighted by molar-refractivity contribution is 7.89. The smallest absolute Gasteiger partial charge is 0.238 e. The molecular weight excluding hydrogens is 224 g/mol. The summed E-state index contributed by atoms with van der Waals surface area (Å²) < 4.78 is 22.7. The number of nitrogens with one attached hydrogen (secondary N) is 1. The van der Waals surface area contributed by atoms with Crippen LogP contribution in [0, 0.1) is 0 Å². The van der Waals surface area contributed by atoms with Crippen LogP contribution in [0.5, 0.6) is 0 Å². The molecular formula is C11H18N2O2S. The van der Waals surface area contributed by atoms with Gasteiger partial charge in [0.05, 0.1) is 4.90 Å². The van der Waals surface area contributed by atoms with Gasteiger partial charge in [-0.2, -0.15) is 0 Å². The van der Waals surface area contributed by atoms with Crippen molar-refractivity contribution in [2.75, 3.05) is 0 Å². The molecule has 0 atom stereocenters. The van der Waals surface area contributed by atoms with E-state index >= 15 is 0 Å². The third kappa shape index (κ3) is 3.92. The van der Waals surface area contributed by atoms with Crippen LogP contribution in [-0.4, -0.2) is 14.0 Å². The first kappa shape index (κ1) is 13.2. The average Bonchev–Trinajstić information content (AvgIpc) is 2.12. The number of benzene rings is 1. The Morgan fingerprint density at radius 3 is 2.31 bits per heavy atom. The van der Waals surface area contributed by atoms with Crippen LogP contribution in [-0.2, 0) is 16.6 Å². The predicted molar refractivity (Wildman–Crippen MR) is 64.4 cm³/mol. The first-order valence-electron chi connectivity index (χ1n) is 5.06. The Morgan fingerprint density at radius 1 is 1.25 bits per heavy atom. The number of hydrogen-bond donors (Lipinski definition) is 2. The first-order chi connectivity index (χ1) is 7.20. The molecule has 0 aliphatic rings. The van der Waals surface area contributed by atoms with E-state index in [0.717, 1.165) is 0 Å². The minimum Gasteiger partial charge on any atom is -0.308 e. The summed E-state index contributed by atoms with van der Waals surface area (Å²) in [5.74, 6) is 0. The highest BCUT2D eigenvalue weighted by Crippen LogP contribution is 2.14. The molecule has 90 valence electrons. The molecule has 5 heteroatoms. The van der Waals surface area contributed by atoms with Gasteiger partial charge in [-0.1, -0.05) is 18.2 Å². The zero-order valence-electron chi connectivity index (χ0n) is 9.82. The molecule has 0 aromatic heterocycles. The van der Waals surface area contributed by atoms with E-state index in [1.165, 1.54) is 6.07 Å². The molecule has 0 saturated heterocycles. The summed E-state index contributed by atoms with van der Waals surface area (Å²) in [6.45, 7) is 6.54. The fourth-order valence-corrected chi connectivity index (χ4v) is 2.06. The van der Waals surface area contributed by atoms with Gasteiger partial charge in [0.25, 0.3) is 0 Å². The number of sulfonamides is 1. The third-order valence-corrected chi connectivity index (χ3v) is 3.10. The fourth-order valence-electron chi connectivity index (χ4n) is 1.29. The zero-order valence-corrected chi connectivity index (χ0v) is 10.6. The number of primary sulfonamides is 1. The van der Waals surface area contributed by atoms with E-state index < -0.39 is 10.0 Å². The van der Waals surface area contributed by atoms with Crippen LogP contribution in [0.3, 0.4) is 0 Å². The molecule has 0 saturated carbocycles. The van der Waals surface area contributed by atoms with E-state index in [2.05, 4.69) is 5.32 Å². The van der Waals surface area contributed by atoms with Crippen LogP contribution < -0.4 is 10.5 Å². The van der Waals surface area contributed by atoms with Crippen LogP contribution in [0.2, 0.25) is 0 Å². The van der Waals surface area contributed by atoms with Crippen molar-refractivity contribution in [3.63, 3.8) is 0 Å². The van der Waals surface area contributed by atoms with Gasteiger partial charge in [0.1, 0.15) is 0 Å². The lowest BCUT2D eigenvalue weighted by Gasteiger charge is -2.21. The molecule has 0 aliphatic carbocycles. The highest BCUT2D eigenvalue weighted by Gasteiger charge is 2.15. The van der Waals surface area contributed by atoms with Crippen LogP contribution in [0.15, 0.2) is 29.2 Å². The molecule has 0 fully saturated rings. The topological polar surface area (TPSA) is 72.2 Å². The SMILES string of the molecule is CC(C)(C)NCc1ccccc1S(N)(=O)=O. The molecule has 0 heterocycles. The standard InChI is InChI=1S/C11H18N2O2S/c1-11(2,3)13-8-9-6-4-5-7-10(9)16(12,14)15/h4-7,13H,8H2,1-3H3,(H2,12,14,15). The number of hydrogen-bond acceptors (Lipinski definition) is 3. The first-order valence-corrected chi connectivity index (χ1v) is 6.60. The third-order valence-electron chi connectivity index (χ3n) is 2.09. The van der Waals surface area contributed by atoms with Crippen LogP contribution in [0.4, 0.5) is 0 Å². The van der Waals surface area contributed by atoms with Crippen molar-refractivity contribution in [1.82, 2.24) is 5.32 Å². The minimum absolute atomic E-state index is 0.0640. The second kappa shape index (κ2) is 4.53. The monoisotopic (exact) mass is 242 g/mol. The van der Waals surface area contributed by atoms with Gasteiger partial charge in [0.15, 0.2) is 0 Å². The predicted octanol–water partition coefficient (Wildman–Crippen LogP) is 1.22. The molecule has 1 rings (SSSR count). The molecule has 3 N–H and O–H groups in total. The van der Waals surface area contributed by atoms with Gasteiger partial charge in [-0.3, -0.25) is 0 Å². The minimum atomic E-state index is -3.64. The van der Waals surface area contributed by atoms with E-state index in [-0.39, 0.29) is 10.4 Å².